The van der Waals surface area contributed by atoms with Crippen LogP contribution in [0.2, 0.25) is 0 Å². The summed E-state index contributed by atoms with van der Waals surface area (Å²) in [6.45, 7) is 12.7. The van der Waals surface area contributed by atoms with E-state index >= 15 is 4.39 Å². The van der Waals surface area contributed by atoms with Gasteiger partial charge in [0, 0.05) is 42.6 Å². The van der Waals surface area contributed by atoms with Crippen molar-refractivity contribution in [1.29, 1.82) is 0 Å². The van der Waals surface area contributed by atoms with Crippen LogP contribution in [0.1, 0.15) is 88.6 Å². The summed E-state index contributed by atoms with van der Waals surface area (Å²) in [5.41, 5.74) is 9.38. The smallest absolute Gasteiger partial charge is 0.313 e. The summed E-state index contributed by atoms with van der Waals surface area (Å²) in [5.74, 6) is -0.619. The minimum absolute atomic E-state index is 0.0114. The Kier molecular flexibility index (Phi) is 10.0. The van der Waals surface area contributed by atoms with Gasteiger partial charge in [-0.1, -0.05) is 0 Å². The highest BCUT2D eigenvalue weighted by Gasteiger charge is 2.44. The molecule has 11 heteroatoms. The van der Waals surface area contributed by atoms with Gasteiger partial charge in [0.15, 0.2) is 12.1 Å². The first kappa shape index (κ1) is 33.5. The number of hydrogen-bond acceptors (Lipinski definition) is 8. The van der Waals surface area contributed by atoms with E-state index in [1.807, 2.05) is 32.4 Å². The third-order valence-corrected chi connectivity index (χ3v) is 9.58. The normalized spacial score (nSPS) is 25.9. The van der Waals surface area contributed by atoms with E-state index < -0.39 is 11.4 Å². The Morgan fingerprint density at radius 3 is 2.67 bits per heavy atom. The Labute approximate surface area is 267 Å². The van der Waals surface area contributed by atoms with Crippen LogP contribution in [0.3, 0.4) is 0 Å². The minimum Gasteiger partial charge on any atom is -0.463 e. The number of nitrogens with two attached hydrogens (primary N) is 1. The van der Waals surface area contributed by atoms with E-state index in [1.165, 1.54) is 0 Å². The van der Waals surface area contributed by atoms with Crippen LogP contribution in [-0.4, -0.2) is 95.1 Å². The molecule has 5 rings (SSSR count). The van der Waals surface area contributed by atoms with Gasteiger partial charge in [-0.3, -0.25) is 4.90 Å². The second-order valence-corrected chi connectivity index (χ2v) is 14.1. The molecule has 0 bridgehead atoms. The number of ether oxygens (including phenoxy) is 2. The van der Waals surface area contributed by atoms with Gasteiger partial charge in [0.25, 0.3) is 0 Å². The quantitative estimate of drug-likeness (QED) is 0.287. The van der Waals surface area contributed by atoms with Gasteiger partial charge in [-0.2, -0.15) is 10.1 Å². The lowest BCUT2D eigenvalue weighted by molar-refractivity contribution is -0.0366. The summed E-state index contributed by atoms with van der Waals surface area (Å²) in [6.07, 6.45) is 8.07. The van der Waals surface area contributed by atoms with Crippen molar-refractivity contribution in [3.63, 3.8) is 0 Å². The maximum atomic E-state index is 16.3. The monoisotopic (exact) mass is 625 g/mol. The van der Waals surface area contributed by atoms with E-state index in [4.69, 9.17) is 20.2 Å². The van der Waals surface area contributed by atoms with Gasteiger partial charge in [0.2, 0.25) is 0 Å². The van der Waals surface area contributed by atoms with Gasteiger partial charge in [-0.25, -0.2) is 14.1 Å². The second-order valence-electron chi connectivity index (χ2n) is 14.1. The molecular weight excluding hydrogens is 573 g/mol. The fourth-order valence-corrected chi connectivity index (χ4v) is 6.74. The first-order valence-electron chi connectivity index (χ1n) is 16.4. The van der Waals surface area contributed by atoms with Crippen molar-refractivity contribution in [2.24, 2.45) is 21.1 Å². The van der Waals surface area contributed by atoms with Crippen LogP contribution in [0, 0.1) is 19.3 Å². The molecule has 0 spiro atoms. The van der Waals surface area contributed by atoms with Crippen molar-refractivity contribution in [2.45, 2.75) is 97.6 Å². The van der Waals surface area contributed by atoms with Gasteiger partial charge < -0.3 is 25.2 Å². The van der Waals surface area contributed by atoms with Gasteiger partial charge >= 0.3 is 6.02 Å². The van der Waals surface area contributed by atoms with Crippen molar-refractivity contribution >= 4 is 28.3 Å². The Morgan fingerprint density at radius 2 is 2.02 bits per heavy atom. The average Bonchev–Trinajstić information content (AvgIpc) is 3.63. The molecule has 2 aromatic rings. The maximum absolute atomic E-state index is 16.3. The lowest BCUT2D eigenvalue weighted by atomic mass is 9.95. The predicted molar refractivity (Wildman–Crippen MR) is 178 cm³/mol. The van der Waals surface area contributed by atoms with Crippen molar-refractivity contribution < 1.29 is 19.0 Å². The molecule has 3 aliphatic rings. The number of halogens is 1. The third kappa shape index (κ3) is 7.76. The average molecular weight is 626 g/mol. The number of nitrogens with zero attached hydrogens (tertiary/aromatic N) is 6. The molecular formula is C34H52FN7O3. The molecule has 3 heterocycles. The van der Waals surface area contributed by atoms with E-state index in [2.05, 4.69) is 40.1 Å². The van der Waals surface area contributed by atoms with Crippen LogP contribution in [-0.2, 0) is 9.47 Å². The van der Waals surface area contributed by atoms with E-state index in [-0.39, 0.29) is 35.2 Å². The number of hydrogen-bond donors (Lipinski definition) is 2. The van der Waals surface area contributed by atoms with Crippen LogP contribution in [0.25, 0.3) is 16.6 Å². The molecule has 0 radical (unpaired) electrons. The van der Waals surface area contributed by atoms with Gasteiger partial charge in [0.05, 0.1) is 35.3 Å². The Balaban J connectivity index is 1.48. The molecule has 2 saturated heterocycles. The first-order chi connectivity index (χ1) is 21.3. The molecule has 1 saturated carbocycles. The molecule has 10 nitrogen and oxygen atoms in total. The number of aliphatic imine (C=N–C) groups is 2. The number of allylic oxidation sites excluding steroid dienone is 1. The molecule has 45 heavy (non-hydrogen) atoms. The number of aryl methyl sites for hydroxylation is 1. The van der Waals surface area contributed by atoms with Crippen LogP contribution in [0.15, 0.2) is 28.1 Å². The molecule has 3 N–H and O–H groups in total. The summed E-state index contributed by atoms with van der Waals surface area (Å²) in [6, 6.07) is 2.21. The van der Waals surface area contributed by atoms with Crippen LogP contribution in [0.5, 0.6) is 0 Å². The van der Waals surface area contributed by atoms with Crippen molar-refractivity contribution in [1.82, 2.24) is 19.6 Å². The topological polar surface area (TPSA) is 114 Å². The van der Waals surface area contributed by atoms with E-state index in [9.17, 15) is 5.11 Å². The fraction of sp³-hybridized carbons (Fsp3) is 0.676. The SMILES string of the molecule is CC(=NC(=NC(C)N1CCC[C@@](C)(O)C1)OCC1(CN(C)C)CC1)/C(F)=C(\N)c1c(C)c(C)cc2c1cnn2C1CCCCO1. The van der Waals surface area contributed by atoms with Gasteiger partial charge in [0.1, 0.15) is 6.17 Å². The summed E-state index contributed by atoms with van der Waals surface area (Å²) < 4.78 is 30.5. The van der Waals surface area contributed by atoms with E-state index in [0.29, 0.717) is 25.3 Å². The lowest BCUT2D eigenvalue weighted by Gasteiger charge is -2.38. The standard InChI is InChI=1S/C34H52FN7O3/c1-22-17-27-26(18-37-42(27)28-11-8-9-16-44-28)29(23(22)2)31(36)30(35)24(3)38-32(45-21-34(13-14-34)20-40(6)7)39-25(4)41-15-10-12-33(5,43)19-41/h17-18,25,28,43H,8-16,19-21,36H2,1-7H3/b31-30+,38-24?,39-32?/t25?,28?,33-/m1/s1. The van der Waals surface area contributed by atoms with Gasteiger partial charge in [-0.05, 0) is 111 Å². The number of fused-ring (bicyclic) bond motifs is 1. The largest absolute Gasteiger partial charge is 0.463 e. The van der Waals surface area contributed by atoms with E-state index in [0.717, 1.165) is 80.1 Å². The van der Waals surface area contributed by atoms with E-state index in [1.54, 1.807) is 13.1 Å². The Hall–Kier alpha value is -2.86. The van der Waals surface area contributed by atoms with Crippen molar-refractivity contribution in [3.05, 3.63) is 34.8 Å². The van der Waals surface area contributed by atoms with Crippen molar-refractivity contribution in [2.75, 3.05) is 46.9 Å². The zero-order valence-corrected chi connectivity index (χ0v) is 28.2. The Bertz CT molecular complexity index is 1470. The Morgan fingerprint density at radius 1 is 1.27 bits per heavy atom. The van der Waals surface area contributed by atoms with Crippen LogP contribution < -0.4 is 5.73 Å². The number of amidine groups is 1. The summed E-state index contributed by atoms with van der Waals surface area (Å²) >= 11 is 0. The lowest BCUT2D eigenvalue weighted by Crippen LogP contribution is -2.49. The number of piperidine rings is 1. The molecule has 1 aromatic carbocycles. The summed E-state index contributed by atoms with van der Waals surface area (Å²) in [7, 11) is 4.11. The number of rotatable bonds is 9. The third-order valence-electron chi connectivity index (χ3n) is 9.58. The number of aliphatic hydroxyl groups is 1. The molecule has 1 aliphatic carbocycles. The second kappa shape index (κ2) is 13.5. The molecule has 1 aromatic heterocycles. The highest BCUT2D eigenvalue weighted by atomic mass is 19.1. The molecule has 3 atom stereocenters. The molecule has 0 amide bonds. The molecule has 3 fully saturated rings. The zero-order chi connectivity index (χ0) is 32.5. The summed E-state index contributed by atoms with van der Waals surface area (Å²) in [5, 5.41) is 16.1. The van der Waals surface area contributed by atoms with Crippen molar-refractivity contribution in [3.8, 4) is 0 Å². The number of β-amino-alcohol motifs (C(OH)–C–C–N with tert-alkyl or cyclic N) is 1. The number of benzene rings is 1. The predicted octanol–water partition coefficient (Wildman–Crippen LogP) is 5.32. The fourth-order valence-electron chi connectivity index (χ4n) is 6.74. The highest BCUT2D eigenvalue weighted by Crippen LogP contribution is 2.46. The van der Waals surface area contributed by atoms with Crippen LogP contribution in [0.4, 0.5) is 4.39 Å². The summed E-state index contributed by atoms with van der Waals surface area (Å²) in [4.78, 5) is 13.7. The zero-order valence-electron chi connectivity index (χ0n) is 28.2. The van der Waals surface area contributed by atoms with Gasteiger partial charge in [-0.15, -0.1) is 0 Å². The molecule has 2 unspecified atom stereocenters. The molecule has 2 aliphatic heterocycles. The minimum atomic E-state index is -0.775. The first-order valence-corrected chi connectivity index (χ1v) is 16.4. The molecule has 248 valence electrons. The number of aromatic nitrogens is 2. The highest BCUT2D eigenvalue weighted by molar-refractivity contribution is 6.09. The maximum Gasteiger partial charge on any atom is 0.313 e. The number of likely N-dealkylation sites (tertiary alicyclic amines) is 1. The van der Waals surface area contributed by atoms with Crippen LogP contribution >= 0.6 is 0 Å².